The van der Waals surface area contributed by atoms with Gasteiger partial charge in [0.1, 0.15) is 0 Å². The van der Waals surface area contributed by atoms with Gasteiger partial charge in [0, 0.05) is 0 Å². The zero-order valence-corrected chi connectivity index (χ0v) is 13.4. The van der Waals surface area contributed by atoms with E-state index in [0.717, 1.165) is 16.9 Å². The van der Waals surface area contributed by atoms with Crippen molar-refractivity contribution < 1.29 is 4.79 Å². The summed E-state index contributed by atoms with van der Waals surface area (Å²) in [6, 6.07) is 14.6. The van der Waals surface area contributed by atoms with Crippen molar-refractivity contribution in [2.75, 3.05) is 5.01 Å². The molecule has 0 saturated heterocycles. The molecule has 1 atom stereocenters. The van der Waals surface area contributed by atoms with Gasteiger partial charge in [-0.05, 0) is 44.5 Å². The number of carbonyl (C=O) groups excluding carboxylic acids is 1. The van der Waals surface area contributed by atoms with Gasteiger partial charge in [-0.15, -0.1) is 0 Å². The van der Waals surface area contributed by atoms with E-state index < -0.39 is 6.04 Å². The van der Waals surface area contributed by atoms with E-state index in [4.69, 9.17) is 0 Å². The lowest BCUT2D eigenvalue weighted by molar-refractivity contribution is -0.117. The number of hydrogen-bond acceptors (Lipinski definition) is 4. The minimum absolute atomic E-state index is 0.179. The monoisotopic (exact) mass is 306 g/mol. The molecule has 1 amide bonds. The number of benzene rings is 2. The predicted molar refractivity (Wildman–Crippen MR) is 91.3 cm³/mol. The summed E-state index contributed by atoms with van der Waals surface area (Å²) in [5.41, 5.74) is 4.36. The predicted octanol–water partition coefficient (Wildman–Crippen LogP) is 4.18. The Morgan fingerprint density at radius 2 is 1.78 bits per heavy atom. The Balaban J connectivity index is 1.83. The van der Waals surface area contributed by atoms with E-state index in [9.17, 15) is 4.79 Å². The largest absolute Gasteiger partial charge is 0.280 e. The molecule has 0 bridgehead atoms. The van der Waals surface area contributed by atoms with Gasteiger partial charge in [0.25, 0.3) is 5.91 Å². The number of azo groups is 1. The molecule has 1 aliphatic rings. The van der Waals surface area contributed by atoms with Crippen LogP contribution in [0, 0.1) is 13.8 Å². The van der Waals surface area contributed by atoms with Gasteiger partial charge in [-0.3, -0.25) is 4.79 Å². The second-order valence-electron chi connectivity index (χ2n) is 5.63. The molecule has 1 aliphatic heterocycles. The lowest BCUT2D eigenvalue weighted by Crippen LogP contribution is -2.29. The van der Waals surface area contributed by atoms with E-state index in [2.05, 4.69) is 15.3 Å². The van der Waals surface area contributed by atoms with Crippen LogP contribution in [0.15, 0.2) is 63.9 Å². The number of nitrogens with zero attached hydrogens (tertiary/aromatic N) is 4. The highest BCUT2D eigenvalue weighted by Crippen LogP contribution is 2.24. The van der Waals surface area contributed by atoms with Crippen molar-refractivity contribution in [1.82, 2.24) is 0 Å². The maximum Gasteiger partial charge on any atom is 0.280 e. The molecule has 0 saturated carbocycles. The first-order valence-electron chi connectivity index (χ1n) is 7.48. The van der Waals surface area contributed by atoms with Crippen molar-refractivity contribution in [3.8, 4) is 0 Å². The lowest BCUT2D eigenvalue weighted by atomic mass is 10.1. The summed E-state index contributed by atoms with van der Waals surface area (Å²) in [6.07, 6.45) is 0. The standard InChI is InChI=1S/C18H18N4O/c1-12-9-10-16(13(2)11-12)19-20-17-14(3)21-22(18(17)23)15-7-5-4-6-8-15/h4-11,17H,1-3H3. The molecule has 0 aromatic heterocycles. The van der Waals surface area contributed by atoms with Crippen molar-refractivity contribution in [3.63, 3.8) is 0 Å². The quantitative estimate of drug-likeness (QED) is 0.785. The summed E-state index contributed by atoms with van der Waals surface area (Å²) in [5, 5.41) is 14.2. The topological polar surface area (TPSA) is 57.4 Å². The van der Waals surface area contributed by atoms with Crippen LogP contribution in [0.2, 0.25) is 0 Å². The zero-order chi connectivity index (χ0) is 16.4. The highest BCUT2D eigenvalue weighted by Gasteiger charge is 2.34. The molecule has 5 nitrogen and oxygen atoms in total. The SMILES string of the molecule is CC1=NN(c2ccccc2)C(=O)C1N=Nc1ccc(C)cc1C. The van der Waals surface area contributed by atoms with E-state index in [-0.39, 0.29) is 5.91 Å². The second kappa shape index (κ2) is 6.12. The minimum atomic E-state index is -0.657. The fraction of sp³-hybridized carbons (Fsp3) is 0.222. The van der Waals surface area contributed by atoms with Gasteiger partial charge in [0.05, 0.1) is 17.1 Å². The average molecular weight is 306 g/mol. The normalized spacial score (nSPS) is 17.9. The van der Waals surface area contributed by atoms with Crippen LogP contribution in [0.4, 0.5) is 11.4 Å². The van der Waals surface area contributed by atoms with Crippen LogP contribution >= 0.6 is 0 Å². The Labute approximate surface area is 135 Å². The number of rotatable bonds is 3. The maximum absolute atomic E-state index is 12.5. The van der Waals surface area contributed by atoms with Crippen LogP contribution in [0.25, 0.3) is 0 Å². The Hall–Kier alpha value is -2.82. The van der Waals surface area contributed by atoms with Crippen LogP contribution in [-0.4, -0.2) is 17.7 Å². The molecule has 0 N–H and O–H groups in total. The Morgan fingerprint density at radius 1 is 1.04 bits per heavy atom. The zero-order valence-electron chi connectivity index (χ0n) is 13.4. The molecular weight excluding hydrogens is 288 g/mol. The highest BCUT2D eigenvalue weighted by atomic mass is 16.2. The fourth-order valence-electron chi connectivity index (χ4n) is 2.48. The van der Waals surface area contributed by atoms with Crippen molar-refractivity contribution in [1.29, 1.82) is 0 Å². The molecular formula is C18H18N4O. The number of hydrogen-bond donors (Lipinski definition) is 0. The van der Waals surface area contributed by atoms with Crippen LogP contribution < -0.4 is 5.01 Å². The van der Waals surface area contributed by atoms with E-state index >= 15 is 0 Å². The van der Waals surface area contributed by atoms with Gasteiger partial charge < -0.3 is 0 Å². The second-order valence-corrected chi connectivity index (χ2v) is 5.63. The molecule has 2 aromatic rings. The summed E-state index contributed by atoms with van der Waals surface area (Å²) >= 11 is 0. The third-order valence-electron chi connectivity index (χ3n) is 3.73. The van der Waals surface area contributed by atoms with E-state index in [1.165, 1.54) is 10.6 Å². The van der Waals surface area contributed by atoms with Gasteiger partial charge in [-0.2, -0.15) is 20.3 Å². The van der Waals surface area contributed by atoms with Gasteiger partial charge in [-0.1, -0.05) is 35.9 Å². The average Bonchev–Trinajstić information content (AvgIpc) is 2.82. The molecule has 2 aromatic carbocycles. The van der Waals surface area contributed by atoms with Gasteiger partial charge in [0.2, 0.25) is 0 Å². The first kappa shape index (κ1) is 15.1. The highest BCUT2D eigenvalue weighted by molar-refractivity contribution is 6.18. The molecule has 0 aliphatic carbocycles. The number of carbonyl (C=O) groups is 1. The van der Waals surface area contributed by atoms with Crippen LogP contribution in [0.3, 0.4) is 0 Å². The number of amides is 1. The first-order valence-corrected chi connectivity index (χ1v) is 7.48. The van der Waals surface area contributed by atoms with Gasteiger partial charge in [0.15, 0.2) is 6.04 Å². The molecule has 1 unspecified atom stereocenters. The van der Waals surface area contributed by atoms with Crippen molar-refractivity contribution in [3.05, 3.63) is 59.7 Å². The third-order valence-corrected chi connectivity index (χ3v) is 3.73. The number of hydrazone groups is 1. The van der Waals surface area contributed by atoms with E-state index in [1.54, 1.807) is 6.92 Å². The molecule has 23 heavy (non-hydrogen) atoms. The number of aryl methyl sites for hydroxylation is 2. The van der Waals surface area contributed by atoms with Crippen molar-refractivity contribution in [2.45, 2.75) is 26.8 Å². The first-order chi connectivity index (χ1) is 11.1. The summed E-state index contributed by atoms with van der Waals surface area (Å²) in [5.74, 6) is -0.179. The summed E-state index contributed by atoms with van der Waals surface area (Å²) < 4.78 is 0. The smallest absolute Gasteiger partial charge is 0.269 e. The third kappa shape index (κ3) is 3.04. The summed E-state index contributed by atoms with van der Waals surface area (Å²) in [4.78, 5) is 12.5. The molecule has 116 valence electrons. The van der Waals surface area contributed by atoms with E-state index in [1.807, 2.05) is 62.4 Å². The molecule has 1 heterocycles. The van der Waals surface area contributed by atoms with Gasteiger partial charge >= 0.3 is 0 Å². The Kier molecular flexibility index (Phi) is 4.02. The van der Waals surface area contributed by atoms with E-state index in [0.29, 0.717) is 5.71 Å². The lowest BCUT2D eigenvalue weighted by Gasteiger charge is -2.11. The van der Waals surface area contributed by atoms with Crippen LogP contribution in [-0.2, 0) is 4.79 Å². The molecule has 5 heteroatoms. The minimum Gasteiger partial charge on any atom is -0.269 e. The summed E-state index contributed by atoms with van der Waals surface area (Å²) in [6.45, 7) is 5.81. The molecule has 0 spiro atoms. The van der Waals surface area contributed by atoms with Crippen LogP contribution in [0.1, 0.15) is 18.1 Å². The molecule has 3 rings (SSSR count). The fourth-order valence-corrected chi connectivity index (χ4v) is 2.48. The number of para-hydroxylation sites is 1. The number of anilines is 1. The molecule has 0 radical (unpaired) electrons. The van der Waals surface area contributed by atoms with Crippen molar-refractivity contribution >= 4 is 23.0 Å². The maximum atomic E-state index is 12.5. The van der Waals surface area contributed by atoms with Crippen molar-refractivity contribution in [2.24, 2.45) is 15.3 Å². The molecule has 0 fully saturated rings. The van der Waals surface area contributed by atoms with Gasteiger partial charge in [-0.25, -0.2) is 0 Å². The summed E-state index contributed by atoms with van der Waals surface area (Å²) in [7, 11) is 0. The Morgan fingerprint density at radius 3 is 2.48 bits per heavy atom. The Bertz CT molecular complexity index is 796. The van der Waals surface area contributed by atoms with Crippen LogP contribution in [0.5, 0.6) is 0 Å².